The Kier molecular flexibility index (Phi) is 3.91. The topological polar surface area (TPSA) is 44.5 Å². The minimum absolute atomic E-state index is 0.510. The third-order valence-corrected chi connectivity index (χ3v) is 3.78. The molecule has 0 saturated carbocycles. The number of nitrogen functional groups attached to an aromatic ring is 1. The Balaban J connectivity index is 2.10. The quantitative estimate of drug-likeness (QED) is 0.876. The zero-order valence-corrected chi connectivity index (χ0v) is 11.7. The monoisotopic (exact) mass is 313 g/mol. The van der Waals surface area contributed by atoms with Crippen LogP contribution in [0, 0.1) is 0 Å². The molecule has 0 aliphatic carbocycles. The summed E-state index contributed by atoms with van der Waals surface area (Å²) in [6, 6.07) is 9.37. The summed E-state index contributed by atoms with van der Waals surface area (Å²) in [4.78, 5) is 1.14. The minimum Gasteiger partial charge on any atom is -0.493 e. The highest BCUT2D eigenvalue weighted by atomic mass is 79.9. The number of halogens is 1. The van der Waals surface area contributed by atoms with E-state index in [9.17, 15) is 0 Å². The van der Waals surface area contributed by atoms with Crippen LogP contribution in [0.3, 0.4) is 0 Å². The van der Waals surface area contributed by atoms with Gasteiger partial charge in [0.25, 0.3) is 0 Å². The largest absolute Gasteiger partial charge is 0.493 e. The van der Waals surface area contributed by atoms with Crippen LogP contribution in [-0.2, 0) is 6.61 Å². The SMILES string of the molecule is COc1ccc(N)cc1OCc1ccc(Br)s1. The summed E-state index contributed by atoms with van der Waals surface area (Å²) in [5, 5.41) is 0. The van der Waals surface area contributed by atoms with Gasteiger partial charge in [0.1, 0.15) is 6.61 Å². The maximum absolute atomic E-state index is 5.71. The van der Waals surface area contributed by atoms with E-state index in [0.717, 1.165) is 8.66 Å². The van der Waals surface area contributed by atoms with Gasteiger partial charge in [-0.1, -0.05) is 0 Å². The van der Waals surface area contributed by atoms with Gasteiger partial charge in [-0.2, -0.15) is 0 Å². The lowest BCUT2D eigenvalue weighted by atomic mass is 10.3. The van der Waals surface area contributed by atoms with Crippen LogP contribution in [-0.4, -0.2) is 7.11 Å². The van der Waals surface area contributed by atoms with Crippen molar-refractivity contribution in [1.29, 1.82) is 0 Å². The second kappa shape index (κ2) is 5.42. The summed E-state index contributed by atoms with van der Waals surface area (Å²) in [6.45, 7) is 0.510. The van der Waals surface area contributed by atoms with Gasteiger partial charge in [0, 0.05) is 16.6 Å². The lowest BCUT2D eigenvalue weighted by Gasteiger charge is -2.10. The third-order valence-electron chi connectivity index (χ3n) is 2.19. The van der Waals surface area contributed by atoms with Gasteiger partial charge >= 0.3 is 0 Å². The molecular weight excluding hydrogens is 302 g/mol. The van der Waals surface area contributed by atoms with Crippen molar-refractivity contribution in [3.05, 3.63) is 39.0 Å². The number of nitrogens with two attached hydrogens (primary N) is 1. The normalized spacial score (nSPS) is 10.2. The van der Waals surface area contributed by atoms with Gasteiger partial charge in [0.2, 0.25) is 0 Å². The first-order valence-electron chi connectivity index (χ1n) is 4.99. The molecule has 2 rings (SSSR count). The highest BCUT2D eigenvalue weighted by Crippen LogP contribution is 2.30. The zero-order valence-electron chi connectivity index (χ0n) is 9.27. The zero-order chi connectivity index (χ0) is 12.3. The number of methoxy groups -OCH3 is 1. The molecule has 0 aliphatic heterocycles. The average Bonchev–Trinajstić information content (AvgIpc) is 2.73. The maximum Gasteiger partial charge on any atom is 0.163 e. The molecule has 17 heavy (non-hydrogen) atoms. The van der Waals surface area contributed by atoms with Crippen LogP contribution in [0.25, 0.3) is 0 Å². The van der Waals surface area contributed by atoms with E-state index in [1.807, 2.05) is 12.1 Å². The van der Waals surface area contributed by atoms with Crippen molar-refractivity contribution in [2.45, 2.75) is 6.61 Å². The molecule has 1 heterocycles. The molecule has 0 aliphatic rings. The molecule has 5 heteroatoms. The molecule has 2 aromatic rings. The van der Waals surface area contributed by atoms with Crippen LogP contribution < -0.4 is 15.2 Å². The lowest BCUT2D eigenvalue weighted by Crippen LogP contribution is -1.97. The van der Waals surface area contributed by atoms with Gasteiger partial charge < -0.3 is 15.2 Å². The van der Waals surface area contributed by atoms with Crippen LogP contribution in [0.4, 0.5) is 5.69 Å². The van der Waals surface area contributed by atoms with E-state index < -0.39 is 0 Å². The number of hydrogen-bond donors (Lipinski definition) is 1. The molecule has 90 valence electrons. The van der Waals surface area contributed by atoms with Crippen molar-refractivity contribution >= 4 is 33.0 Å². The third kappa shape index (κ3) is 3.14. The van der Waals surface area contributed by atoms with Crippen LogP contribution in [0.5, 0.6) is 11.5 Å². The van der Waals surface area contributed by atoms with Crippen LogP contribution in [0.2, 0.25) is 0 Å². The van der Waals surface area contributed by atoms with Crippen LogP contribution in [0.1, 0.15) is 4.88 Å². The molecule has 0 radical (unpaired) electrons. The maximum atomic E-state index is 5.71. The van der Waals surface area contributed by atoms with E-state index in [1.165, 1.54) is 0 Å². The number of anilines is 1. The first-order valence-corrected chi connectivity index (χ1v) is 6.60. The van der Waals surface area contributed by atoms with Gasteiger partial charge in [-0.3, -0.25) is 0 Å². The lowest BCUT2D eigenvalue weighted by molar-refractivity contribution is 0.287. The van der Waals surface area contributed by atoms with E-state index in [1.54, 1.807) is 36.6 Å². The summed E-state index contributed by atoms with van der Waals surface area (Å²) < 4.78 is 12.0. The summed E-state index contributed by atoms with van der Waals surface area (Å²) in [7, 11) is 1.61. The van der Waals surface area contributed by atoms with E-state index in [-0.39, 0.29) is 0 Å². The molecule has 0 atom stereocenters. The van der Waals surface area contributed by atoms with Crippen LogP contribution in [0.15, 0.2) is 34.1 Å². The average molecular weight is 314 g/mol. The van der Waals surface area contributed by atoms with Crippen LogP contribution >= 0.6 is 27.3 Å². The number of ether oxygens (including phenoxy) is 2. The van der Waals surface area contributed by atoms with Crippen molar-refractivity contribution in [1.82, 2.24) is 0 Å². The van der Waals surface area contributed by atoms with Crippen molar-refractivity contribution < 1.29 is 9.47 Å². The predicted octanol–water partition coefficient (Wildman–Crippen LogP) is 3.68. The molecule has 1 aromatic carbocycles. The smallest absolute Gasteiger partial charge is 0.163 e. The molecular formula is C12H12BrNO2S. The first-order chi connectivity index (χ1) is 8.19. The van der Waals surface area contributed by atoms with Gasteiger partial charge in [-0.05, 0) is 40.2 Å². The standard InChI is InChI=1S/C12H12BrNO2S/c1-15-10-4-2-8(14)6-11(10)16-7-9-3-5-12(13)17-9/h2-6H,7,14H2,1H3. The van der Waals surface area contributed by atoms with Gasteiger partial charge in [0.15, 0.2) is 11.5 Å². The Bertz CT molecular complexity index is 513. The fourth-order valence-corrected chi connectivity index (χ4v) is 2.78. The van der Waals surface area contributed by atoms with E-state index >= 15 is 0 Å². The molecule has 3 nitrogen and oxygen atoms in total. The Morgan fingerprint density at radius 1 is 1.24 bits per heavy atom. The number of benzene rings is 1. The molecule has 0 saturated heterocycles. The molecule has 0 fully saturated rings. The summed E-state index contributed by atoms with van der Waals surface area (Å²) in [5.41, 5.74) is 6.38. The van der Waals surface area contributed by atoms with E-state index in [4.69, 9.17) is 15.2 Å². The van der Waals surface area contributed by atoms with Crippen molar-refractivity contribution in [3.8, 4) is 11.5 Å². The Morgan fingerprint density at radius 2 is 2.06 bits per heavy atom. The van der Waals surface area contributed by atoms with Gasteiger partial charge in [-0.25, -0.2) is 0 Å². The number of hydrogen-bond acceptors (Lipinski definition) is 4. The predicted molar refractivity (Wildman–Crippen MR) is 73.8 cm³/mol. The summed E-state index contributed by atoms with van der Waals surface area (Å²) in [5.74, 6) is 1.35. The molecule has 0 amide bonds. The van der Waals surface area contributed by atoms with Crippen molar-refractivity contribution in [2.75, 3.05) is 12.8 Å². The second-order valence-electron chi connectivity index (χ2n) is 3.40. The summed E-state index contributed by atoms with van der Waals surface area (Å²) >= 11 is 5.06. The van der Waals surface area contributed by atoms with Crippen molar-refractivity contribution in [2.24, 2.45) is 0 Å². The Labute approximate surface area is 112 Å². The molecule has 0 bridgehead atoms. The first kappa shape index (κ1) is 12.3. The minimum atomic E-state index is 0.510. The number of rotatable bonds is 4. The molecule has 0 unspecified atom stereocenters. The second-order valence-corrected chi connectivity index (χ2v) is 5.95. The Morgan fingerprint density at radius 3 is 2.71 bits per heavy atom. The number of thiophene rings is 1. The fraction of sp³-hybridized carbons (Fsp3) is 0.167. The van der Waals surface area contributed by atoms with Gasteiger partial charge in [0.05, 0.1) is 10.9 Å². The fourth-order valence-electron chi connectivity index (χ4n) is 1.38. The van der Waals surface area contributed by atoms with E-state index in [2.05, 4.69) is 15.9 Å². The summed E-state index contributed by atoms with van der Waals surface area (Å²) in [6.07, 6.45) is 0. The van der Waals surface area contributed by atoms with E-state index in [0.29, 0.717) is 23.8 Å². The Hall–Kier alpha value is -1.20. The highest BCUT2D eigenvalue weighted by Gasteiger charge is 2.06. The highest BCUT2D eigenvalue weighted by molar-refractivity contribution is 9.11. The molecule has 2 N–H and O–H groups in total. The molecule has 1 aromatic heterocycles. The molecule has 0 spiro atoms. The van der Waals surface area contributed by atoms with Crippen molar-refractivity contribution in [3.63, 3.8) is 0 Å². The van der Waals surface area contributed by atoms with Gasteiger partial charge in [-0.15, -0.1) is 11.3 Å².